The van der Waals surface area contributed by atoms with Gasteiger partial charge in [0.05, 0.1) is 72.7 Å². The Labute approximate surface area is 722 Å². The fraction of sp³-hybridized carbons (Fsp3) is 0.971. The maximum absolute atomic E-state index is 13.1. The molecule has 128 heavy (non-hydrogen) atoms. The lowest BCUT2D eigenvalue weighted by molar-refractivity contribution is -0.408. The molecule has 1 unspecified atom stereocenters. The first kappa shape index (κ1) is 105. The summed E-state index contributed by atoms with van der Waals surface area (Å²) in [5, 5.41) is 372. The van der Waals surface area contributed by atoms with Crippen molar-refractivity contribution < 1.29 is 278 Å². The SMILES string of the molecule is CC(=O)N[C@H]1[C@H](O[C@H]2[C@H](O)[C@@H](NC(C)=O)C(O)O[C@@H]2CO)O[C@H](CO)[C@@H](O[C@@H]2O[C@H](CO[C@H]3O[C@H](CO[C@H]4O[C@H](CO)[C@@H](O)[C@H](O)[C@@H]4O[C@H]4O[C@H](CO)[C@@H](O)[C@H](O)[C@@H]4O)[C@@H](O)[C@H](O[C@H]4O[C@H](CO)[C@@H](O)[C@H](O)[C@@H]4O[C@H]4O[C@H](CO)[C@@H](O)[C@H](O)[C@@H]4O)[C@@H]3O)[C@@H](O)[C@H](O[C@H]3O[C@H](CO)[C@@H](O)[C@H](O)[C@@H]3O[C@H]3O[C@H](CO)[C@@H](O)[C@H](O)[C@@H]3O[C@H]3O[C@H](CO)[C@@H](O)[C@H](O)[C@@H]3O)[C@@H]2O)[C@@H]1O. The number of carbonyl (C=O) groups excluding carboxylic acids is 2. The van der Waals surface area contributed by atoms with E-state index in [-0.39, 0.29) is 0 Å². The summed E-state index contributed by atoms with van der Waals surface area (Å²) in [6.45, 7) is -10.9. The molecule has 58 heteroatoms. The molecule has 11 heterocycles. The molecule has 11 aliphatic heterocycles. The minimum Gasteiger partial charge on any atom is -0.394 e. The van der Waals surface area contributed by atoms with E-state index >= 15 is 0 Å². The second-order valence-corrected chi connectivity index (χ2v) is 32.3. The first-order chi connectivity index (χ1) is 60.7. The number of hydrogen-bond donors (Lipinski definition) is 35. The highest BCUT2D eigenvalue weighted by Crippen LogP contribution is 2.42. The van der Waals surface area contributed by atoms with Crippen LogP contribution in [0.15, 0.2) is 0 Å². The van der Waals surface area contributed by atoms with Crippen molar-refractivity contribution in [3.05, 3.63) is 0 Å². The highest BCUT2D eigenvalue weighted by molar-refractivity contribution is 5.73. The molecule has 11 rings (SSSR count). The average molecular weight is 1880 g/mol. The van der Waals surface area contributed by atoms with Crippen LogP contribution < -0.4 is 10.6 Å². The molecular weight excluding hydrogens is 1760 g/mol. The smallest absolute Gasteiger partial charge is 0.217 e. The maximum atomic E-state index is 13.1. The van der Waals surface area contributed by atoms with Crippen molar-refractivity contribution >= 4 is 11.8 Å². The number of aliphatic hydroxyl groups is 33. The first-order valence-corrected chi connectivity index (χ1v) is 40.7. The summed E-state index contributed by atoms with van der Waals surface area (Å²) in [4.78, 5) is 25.4. The molecule has 35 N–H and O–H groups in total. The van der Waals surface area contributed by atoms with Crippen LogP contribution in [0.25, 0.3) is 0 Å². The largest absolute Gasteiger partial charge is 0.394 e. The van der Waals surface area contributed by atoms with Gasteiger partial charge in [-0.3, -0.25) is 9.59 Å². The van der Waals surface area contributed by atoms with Gasteiger partial charge in [0.1, 0.15) is 268 Å². The number of amides is 2. The van der Waals surface area contributed by atoms with Crippen LogP contribution in [-0.4, -0.2) is 591 Å². The predicted octanol–water partition coefficient (Wildman–Crippen LogP) is -24.7. The second-order valence-electron chi connectivity index (χ2n) is 32.3. The van der Waals surface area contributed by atoms with Crippen LogP contribution in [0, 0.1) is 0 Å². The molecule has 0 aromatic carbocycles. The van der Waals surface area contributed by atoms with Crippen molar-refractivity contribution in [2.45, 2.75) is 351 Å². The third-order valence-electron chi connectivity index (χ3n) is 23.8. The van der Waals surface area contributed by atoms with Crippen LogP contribution in [0.1, 0.15) is 13.8 Å². The lowest BCUT2D eigenvalue weighted by atomic mass is 9.94. The van der Waals surface area contributed by atoms with Crippen molar-refractivity contribution in [3.63, 3.8) is 0 Å². The Hall–Kier alpha value is -3.22. The van der Waals surface area contributed by atoms with Crippen LogP contribution in [0.4, 0.5) is 0 Å². The second kappa shape index (κ2) is 45.8. The standard InChI is InChI=1S/C70H118N2O56/c1-14(82)71-27-38(93)52(23(10-80)110-60(27)107)121-61-28(72-15(2)83)39(94)53(24(11-81)118-61)122-66-51(106)55(124-69-59(46(101)35(90)21(8-78)116-69)128-70-58(45(100)34(89)22(9-79)117-70)127-65-49(104)42(97)31(86)18(5-75)113-65)37(92)26(120-66)12-108-62-50(105)54(123-68-57(44(99)33(88)20(7-77)115-68)126-64-48(103)41(96)30(85)17(4-74)112-64)36(91)25(119-62)13-109-67-56(43(98)32(87)19(6-76)114-67)125-63-47(102)40(95)29(84)16(3-73)111-63/h16-70,73-81,84-107H,3-13H2,1-2H3,(H,71,82)(H,72,83)/t16-,17-,18-,19-,20-,21-,22-,23-,24-,25-,26-,27-,28-,29-,30-,31-,32-,33-,34-,35-,36-,37-,38-,39-,40+,41+,42+,43+,44+,45+,46+,47+,48+,49+,50+,51+,52-,53-,54+,55+,56+,57+,58+,59+,60?,61+,62+,63-,64-,65-,66+,67+,68-,69-,70-/m1/s1. The fourth-order valence-electron chi connectivity index (χ4n) is 16.5. The predicted molar refractivity (Wildman–Crippen MR) is 386 cm³/mol. The number of aliphatic hydroxyl groups excluding tert-OH is 33. The van der Waals surface area contributed by atoms with Gasteiger partial charge in [-0.25, -0.2) is 0 Å². The van der Waals surface area contributed by atoms with Gasteiger partial charge in [0.15, 0.2) is 69.2 Å². The van der Waals surface area contributed by atoms with Gasteiger partial charge >= 0.3 is 0 Å². The van der Waals surface area contributed by atoms with Crippen LogP contribution in [0.5, 0.6) is 0 Å². The first-order valence-electron chi connectivity index (χ1n) is 40.7. The quantitative estimate of drug-likeness (QED) is 0.0290. The molecule has 55 atom stereocenters. The number of carbonyl (C=O) groups is 2. The molecular formula is C70H118N2O56. The van der Waals surface area contributed by atoms with Gasteiger partial charge in [-0.2, -0.15) is 0 Å². The fourth-order valence-corrected chi connectivity index (χ4v) is 16.5. The van der Waals surface area contributed by atoms with E-state index in [1.54, 1.807) is 0 Å². The van der Waals surface area contributed by atoms with E-state index in [4.69, 9.17) is 99.5 Å². The number of nitrogens with one attached hydrogen (secondary N) is 2. The average Bonchev–Trinajstić information content (AvgIpc) is 0.767. The van der Waals surface area contributed by atoms with E-state index in [1.807, 2.05) is 0 Å². The van der Waals surface area contributed by atoms with Gasteiger partial charge in [0.2, 0.25) is 11.8 Å². The summed E-state index contributed by atoms with van der Waals surface area (Å²) in [6, 6.07) is -3.71. The van der Waals surface area contributed by atoms with Gasteiger partial charge in [0.25, 0.3) is 0 Å². The Morgan fingerprint density at radius 1 is 0.203 bits per heavy atom. The van der Waals surface area contributed by atoms with Crippen molar-refractivity contribution in [3.8, 4) is 0 Å². The van der Waals surface area contributed by atoms with Gasteiger partial charge in [-0.15, -0.1) is 0 Å². The van der Waals surface area contributed by atoms with Crippen LogP contribution in [0.2, 0.25) is 0 Å². The molecule has 0 aromatic rings. The number of rotatable bonds is 33. The monoisotopic (exact) mass is 1880 g/mol. The van der Waals surface area contributed by atoms with Crippen molar-refractivity contribution in [1.82, 2.24) is 10.6 Å². The Morgan fingerprint density at radius 2 is 0.430 bits per heavy atom. The molecule has 0 spiro atoms. The Kier molecular flexibility index (Phi) is 37.7. The van der Waals surface area contributed by atoms with E-state index in [2.05, 4.69) is 10.6 Å². The number of ether oxygens (including phenoxy) is 21. The zero-order valence-corrected chi connectivity index (χ0v) is 67.7. The van der Waals surface area contributed by atoms with Crippen LogP contribution >= 0.6 is 0 Å². The van der Waals surface area contributed by atoms with Crippen molar-refractivity contribution in [2.75, 3.05) is 72.7 Å². The normalized spacial score (nSPS) is 51.7. The van der Waals surface area contributed by atoms with Crippen LogP contribution in [-0.2, 0) is 109 Å². The van der Waals surface area contributed by atoms with E-state index < -0.39 is 422 Å². The third kappa shape index (κ3) is 22.5. The highest BCUT2D eigenvalue weighted by atomic mass is 16.8. The van der Waals surface area contributed by atoms with E-state index in [0.717, 1.165) is 13.8 Å². The molecule has 11 aliphatic rings. The van der Waals surface area contributed by atoms with Gasteiger partial charge < -0.3 is 279 Å². The van der Waals surface area contributed by atoms with E-state index in [0.29, 0.717) is 0 Å². The molecule has 2 amide bonds. The van der Waals surface area contributed by atoms with Gasteiger partial charge in [-0.05, 0) is 0 Å². The minimum absolute atomic E-state index is 0.824. The lowest BCUT2D eigenvalue weighted by Gasteiger charge is -2.51. The summed E-state index contributed by atoms with van der Waals surface area (Å²) in [5.74, 6) is -1.82. The molecule has 0 bridgehead atoms. The third-order valence-corrected chi connectivity index (χ3v) is 23.8. The zero-order valence-electron chi connectivity index (χ0n) is 67.7. The van der Waals surface area contributed by atoms with E-state index in [9.17, 15) is 178 Å². The molecule has 0 aliphatic carbocycles. The summed E-state index contributed by atoms with van der Waals surface area (Å²) in [7, 11) is 0. The molecule has 0 radical (unpaired) electrons. The van der Waals surface area contributed by atoms with E-state index in [1.165, 1.54) is 0 Å². The Balaban J connectivity index is 0.961. The van der Waals surface area contributed by atoms with Gasteiger partial charge in [-0.1, -0.05) is 0 Å². The van der Waals surface area contributed by atoms with Crippen molar-refractivity contribution in [1.29, 1.82) is 0 Å². The molecule has 11 fully saturated rings. The van der Waals surface area contributed by atoms with Crippen molar-refractivity contribution in [2.24, 2.45) is 0 Å². The zero-order chi connectivity index (χ0) is 94.0. The minimum atomic E-state index is -2.69. The summed E-state index contributed by atoms with van der Waals surface area (Å²) < 4.78 is 124. The topological polar surface area (TPSA) is 920 Å². The lowest BCUT2D eigenvalue weighted by Crippen LogP contribution is -2.70. The molecule has 11 saturated heterocycles. The highest BCUT2D eigenvalue weighted by Gasteiger charge is 2.62. The Bertz CT molecular complexity index is 3380. The summed E-state index contributed by atoms with van der Waals surface area (Å²) in [5.41, 5.74) is 0. The maximum Gasteiger partial charge on any atom is 0.217 e. The molecule has 0 saturated carbocycles. The molecule has 58 nitrogen and oxygen atoms in total. The molecule has 0 aromatic heterocycles. The Morgan fingerprint density at radius 3 is 0.773 bits per heavy atom. The van der Waals surface area contributed by atoms with Crippen LogP contribution in [0.3, 0.4) is 0 Å². The summed E-state index contributed by atoms with van der Waals surface area (Å²) >= 11 is 0. The molecule has 744 valence electrons. The summed E-state index contributed by atoms with van der Waals surface area (Å²) in [6.07, 6.45) is -117. The van der Waals surface area contributed by atoms with Gasteiger partial charge in [0, 0.05) is 13.8 Å². The number of hydrogen-bond acceptors (Lipinski definition) is 56.